The predicted octanol–water partition coefficient (Wildman–Crippen LogP) is 3.96. The first-order chi connectivity index (χ1) is 11.7. The zero-order valence-corrected chi connectivity index (χ0v) is 16.6. The summed E-state index contributed by atoms with van der Waals surface area (Å²) >= 11 is 0. The Morgan fingerprint density at radius 3 is 2.68 bits per heavy atom. The highest BCUT2D eigenvalue weighted by Gasteiger charge is 2.36. The van der Waals surface area contributed by atoms with Gasteiger partial charge in [-0.2, -0.15) is 0 Å². The van der Waals surface area contributed by atoms with E-state index in [-0.39, 0.29) is 12.5 Å². The van der Waals surface area contributed by atoms with E-state index in [0.29, 0.717) is 25.2 Å². The van der Waals surface area contributed by atoms with Gasteiger partial charge in [-0.3, -0.25) is 4.79 Å². The Morgan fingerprint density at radius 1 is 1.40 bits per heavy atom. The van der Waals surface area contributed by atoms with Crippen molar-refractivity contribution in [3.63, 3.8) is 0 Å². The molecule has 0 radical (unpaired) electrons. The molecule has 4 nitrogen and oxygen atoms in total. The smallest absolute Gasteiger partial charge is 0.139 e. The van der Waals surface area contributed by atoms with E-state index in [1.54, 1.807) is 6.08 Å². The van der Waals surface area contributed by atoms with Crippen LogP contribution in [0.1, 0.15) is 73.1 Å². The van der Waals surface area contributed by atoms with Gasteiger partial charge in [-0.15, -0.1) is 0 Å². The van der Waals surface area contributed by atoms with Crippen molar-refractivity contribution in [2.45, 2.75) is 84.8 Å². The van der Waals surface area contributed by atoms with Gasteiger partial charge in [0.05, 0.1) is 24.9 Å². The molecule has 25 heavy (non-hydrogen) atoms. The third kappa shape index (κ3) is 7.04. The third-order valence-electron chi connectivity index (χ3n) is 5.56. The van der Waals surface area contributed by atoms with Gasteiger partial charge in [0.25, 0.3) is 0 Å². The van der Waals surface area contributed by atoms with Crippen molar-refractivity contribution in [1.29, 1.82) is 0 Å². The molecule has 1 fully saturated rings. The second kappa shape index (κ2) is 10.2. The van der Waals surface area contributed by atoms with Crippen molar-refractivity contribution in [2.75, 3.05) is 13.2 Å². The molecule has 0 aliphatic carbocycles. The van der Waals surface area contributed by atoms with Crippen LogP contribution in [-0.2, 0) is 9.53 Å². The van der Waals surface area contributed by atoms with Crippen molar-refractivity contribution >= 4 is 5.78 Å². The van der Waals surface area contributed by atoms with E-state index in [1.807, 2.05) is 34.6 Å². The van der Waals surface area contributed by atoms with Crippen molar-refractivity contribution in [1.82, 2.24) is 0 Å². The molecular weight excluding hydrogens is 316 g/mol. The van der Waals surface area contributed by atoms with Crippen LogP contribution in [-0.4, -0.2) is 40.9 Å². The minimum Gasteiger partial charge on any atom is -0.392 e. The molecule has 1 saturated heterocycles. The number of carbonyl (C=O) groups excluding carboxylic acids is 1. The zero-order valence-electron chi connectivity index (χ0n) is 16.6. The average molecular weight is 353 g/mol. The highest BCUT2D eigenvalue weighted by molar-refractivity contribution is 5.82. The maximum atomic E-state index is 12.3. The lowest BCUT2D eigenvalue weighted by molar-refractivity contribution is -0.122. The van der Waals surface area contributed by atoms with Gasteiger partial charge in [0, 0.05) is 12.3 Å². The van der Waals surface area contributed by atoms with Crippen LogP contribution in [0.2, 0.25) is 0 Å². The summed E-state index contributed by atoms with van der Waals surface area (Å²) in [6.45, 7) is 10.5. The number of hydrogen-bond donors (Lipinski definition) is 2. The van der Waals surface area contributed by atoms with E-state index in [9.17, 15) is 9.90 Å². The molecule has 1 unspecified atom stereocenters. The molecule has 4 heteroatoms. The molecule has 2 N–H and O–H groups in total. The Bertz CT molecular complexity index is 502. The highest BCUT2D eigenvalue weighted by atomic mass is 16.5. The molecule has 144 valence electrons. The molecule has 3 atom stereocenters. The first-order valence-electron chi connectivity index (χ1n) is 9.46. The lowest BCUT2D eigenvalue weighted by atomic mass is 9.87. The molecule has 0 aromatic rings. The van der Waals surface area contributed by atoms with Gasteiger partial charge in [0.15, 0.2) is 0 Å². The fraction of sp³-hybridized carbons (Fsp3) is 0.762. The Kier molecular flexibility index (Phi) is 9.04. The van der Waals surface area contributed by atoms with E-state index in [4.69, 9.17) is 9.84 Å². The van der Waals surface area contributed by atoms with Gasteiger partial charge in [0.2, 0.25) is 0 Å². The minimum atomic E-state index is -0.580. The molecule has 1 rings (SSSR count). The maximum Gasteiger partial charge on any atom is 0.139 e. The van der Waals surface area contributed by atoms with Crippen LogP contribution >= 0.6 is 0 Å². The Morgan fingerprint density at radius 2 is 2.08 bits per heavy atom. The van der Waals surface area contributed by atoms with E-state index in [1.165, 1.54) is 5.57 Å². The fourth-order valence-corrected chi connectivity index (χ4v) is 3.11. The molecule has 1 heterocycles. The molecule has 0 aromatic carbocycles. The maximum absolute atomic E-state index is 12.3. The Hall–Kier alpha value is -0.970. The van der Waals surface area contributed by atoms with Gasteiger partial charge in [-0.1, -0.05) is 24.1 Å². The summed E-state index contributed by atoms with van der Waals surface area (Å²) in [5.41, 5.74) is 2.85. The third-order valence-corrected chi connectivity index (χ3v) is 5.56. The molecule has 0 amide bonds. The standard InChI is InChI=1S/C21H36O4/c1-15(2)17(4)13-19(23)16(3)7-6-11-21(5)20(24)9-8-18(10-12-22)14-25-21/h10,16,20,22,24H,6-9,11-14H2,1-5H3/t16?,20-,21+/m1/s1. The highest BCUT2D eigenvalue weighted by Crippen LogP contribution is 2.32. The van der Waals surface area contributed by atoms with Gasteiger partial charge < -0.3 is 14.9 Å². The second-order valence-electron chi connectivity index (χ2n) is 7.92. The largest absolute Gasteiger partial charge is 0.392 e. The second-order valence-corrected chi connectivity index (χ2v) is 7.92. The van der Waals surface area contributed by atoms with E-state index < -0.39 is 11.7 Å². The minimum absolute atomic E-state index is 0.0101. The molecule has 0 bridgehead atoms. The van der Waals surface area contributed by atoms with Crippen LogP contribution in [0.4, 0.5) is 0 Å². The predicted molar refractivity (Wildman–Crippen MR) is 101 cm³/mol. The normalized spacial score (nSPS) is 27.0. The van der Waals surface area contributed by atoms with Gasteiger partial charge in [-0.05, 0) is 65.4 Å². The number of aliphatic hydroxyl groups excluding tert-OH is 2. The quantitative estimate of drug-likeness (QED) is 0.649. The van der Waals surface area contributed by atoms with Gasteiger partial charge in [0.1, 0.15) is 5.78 Å². The molecule has 0 aromatic heterocycles. The van der Waals surface area contributed by atoms with Crippen LogP contribution in [0.3, 0.4) is 0 Å². The van der Waals surface area contributed by atoms with Gasteiger partial charge >= 0.3 is 0 Å². The zero-order chi connectivity index (χ0) is 19.0. The number of ketones is 1. The first kappa shape index (κ1) is 22.1. The monoisotopic (exact) mass is 352 g/mol. The number of allylic oxidation sites excluding steroid dienone is 2. The van der Waals surface area contributed by atoms with Gasteiger partial charge in [-0.25, -0.2) is 0 Å². The summed E-state index contributed by atoms with van der Waals surface area (Å²) in [5.74, 6) is 0.324. The number of ether oxygens (including phenoxy) is 1. The first-order valence-corrected chi connectivity index (χ1v) is 9.46. The SMILES string of the molecule is CC(C)=C(C)CC(=O)C(C)CCC[C@]1(C)OCC(=CCO)CC[C@H]1O. The lowest BCUT2D eigenvalue weighted by Gasteiger charge is -2.33. The fourth-order valence-electron chi connectivity index (χ4n) is 3.11. The summed E-state index contributed by atoms with van der Waals surface area (Å²) in [7, 11) is 0. The number of hydrogen-bond acceptors (Lipinski definition) is 4. The summed E-state index contributed by atoms with van der Waals surface area (Å²) in [6, 6.07) is 0. The summed E-state index contributed by atoms with van der Waals surface area (Å²) in [6.07, 6.45) is 5.61. The van der Waals surface area contributed by atoms with Crippen LogP contribution in [0.15, 0.2) is 22.8 Å². The summed E-state index contributed by atoms with van der Waals surface area (Å²) < 4.78 is 5.98. The molecule has 0 saturated carbocycles. The van der Waals surface area contributed by atoms with Crippen LogP contribution in [0.5, 0.6) is 0 Å². The van der Waals surface area contributed by atoms with Crippen molar-refractivity contribution in [3.8, 4) is 0 Å². The van der Waals surface area contributed by atoms with Crippen LogP contribution in [0.25, 0.3) is 0 Å². The molecule has 1 aliphatic rings. The Labute approximate surface area is 153 Å². The number of Topliss-reactive ketones (excluding diaryl/α,β-unsaturated/α-hetero) is 1. The molecule has 1 aliphatic heterocycles. The number of aliphatic hydroxyl groups is 2. The van der Waals surface area contributed by atoms with Crippen LogP contribution < -0.4 is 0 Å². The molecular formula is C21H36O4. The number of carbonyl (C=O) groups is 1. The van der Waals surface area contributed by atoms with Crippen molar-refractivity contribution in [3.05, 3.63) is 22.8 Å². The Balaban J connectivity index is 2.51. The molecule has 0 spiro atoms. The van der Waals surface area contributed by atoms with E-state index >= 15 is 0 Å². The van der Waals surface area contributed by atoms with Crippen molar-refractivity contribution in [2.24, 2.45) is 5.92 Å². The van der Waals surface area contributed by atoms with Crippen LogP contribution in [0, 0.1) is 5.92 Å². The van der Waals surface area contributed by atoms with Crippen molar-refractivity contribution < 1.29 is 19.7 Å². The number of rotatable bonds is 8. The average Bonchev–Trinajstić information content (AvgIpc) is 2.69. The topological polar surface area (TPSA) is 66.8 Å². The van der Waals surface area contributed by atoms with E-state index in [2.05, 4.69) is 0 Å². The summed E-state index contributed by atoms with van der Waals surface area (Å²) in [5, 5.41) is 19.5. The lowest BCUT2D eigenvalue weighted by Crippen LogP contribution is -2.41. The van der Waals surface area contributed by atoms with E-state index in [0.717, 1.165) is 36.8 Å². The summed E-state index contributed by atoms with van der Waals surface area (Å²) in [4.78, 5) is 12.3.